The molecule has 1 aliphatic heterocycles. The van der Waals surface area contributed by atoms with E-state index in [2.05, 4.69) is 17.3 Å². The van der Waals surface area contributed by atoms with Crippen LogP contribution in [0.25, 0.3) is 0 Å². The summed E-state index contributed by atoms with van der Waals surface area (Å²) < 4.78 is 19.8. The zero-order valence-electron chi connectivity index (χ0n) is 12.9. The fraction of sp³-hybridized carbons (Fsp3) is 0.625. The Balaban J connectivity index is 1.93. The van der Waals surface area contributed by atoms with Gasteiger partial charge in [-0.2, -0.15) is 0 Å². The van der Waals surface area contributed by atoms with E-state index in [4.69, 9.17) is 16.3 Å². The molecule has 6 heteroatoms. The Morgan fingerprint density at radius 3 is 2.86 bits per heavy atom. The van der Waals surface area contributed by atoms with Crippen LogP contribution in [0, 0.1) is 11.7 Å². The molecule has 22 heavy (non-hydrogen) atoms. The molecule has 2 rings (SSSR count). The molecule has 0 amide bonds. The molecule has 1 aromatic rings. The van der Waals surface area contributed by atoms with Crippen LogP contribution in [0.5, 0.6) is 5.75 Å². The van der Waals surface area contributed by atoms with Crippen LogP contribution in [0.1, 0.15) is 12.8 Å². The molecule has 0 aromatic heterocycles. The van der Waals surface area contributed by atoms with Crippen LogP contribution >= 0.6 is 11.6 Å². The minimum Gasteiger partial charge on any atom is -0.491 e. The van der Waals surface area contributed by atoms with E-state index < -0.39 is 6.10 Å². The number of ether oxygens (including phenoxy) is 1. The summed E-state index contributed by atoms with van der Waals surface area (Å²) in [7, 11) is 2.12. The molecule has 1 atom stereocenters. The first-order valence-corrected chi connectivity index (χ1v) is 8.21. The number of halogens is 2. The van der Waals surface area contributed by atoms with Crippen molar-refractivity contribution in [3.05, 3.63) is 24.0 Å². The number of aliphatic hydroxyl groups is 1. The summed E-state index contributed by atoms with van der Waals surface area (Å²) >= 11 is 5.55. The third-order valence-electron chi connectivity index (χ3n) is 3.98. The van der Waals surface area contributed by atoms with Gasteiger partial charge in [0, 0.05) is 6.54 Å². The fourth-order valence-corrected chi connectivity index (χ4v) is 2.62. The number of benzene rings is 1. The van der Waals surface area contributed by atoms with Crippen LogP contribution in [0.2, 0.25) is 0 Å². The van der Waals surface area contributed by atoms with E-state index >= 15 is 0 Å². The number of hydrogen-bond acceptors (Lipinski definition) is 4. The Morgan fingerprint density at radius 2 is 2.18 bits per heavy atom. The van der Waals surface area contributed by atoms with Gasteiger partial charge in [0.1, 0.15) is 17.3 Å². The molecule has 1 fully saturated rings. The second-order valence-corrected chi connectivity index (χ2v) is 6.17. The third kappa shape index (κ3) is 5.00. The first-order chi connectivity index (χ1) is 10.6. The van der Waals surface area contributed by atoms with Gasteiger partial charge < -0.3 is 20.1 Å². The molecule has 1 unspecified atom stereocenters. The molecule has 1 aromatic carbocycles. The van der Waals surface area contributed by atoms with E-state index in [1.54, 1.807) is 12.1 Å². The van der Waals surface area contributed by atoms with Crippen molar-refractivity contribution >= 4 is 17.3 Å². The molecule has 0 saturated carbocycles. The van der Waals surface area contributed by atoms with Gasteiger partial charge in [0.25, 0.3) is 0 Å². The smallest absolute Gasteiger partial charge is 0.150 e. The lowest BCUT2D eigenvalue weighted by molar-refractivity contribution is 0.160. The average Bonchev–Trinajstić information content (AvgIpc) is 2.53. The second kappa shape index (κ2) is 8.56. The van der Waals surface area contributed by atoms with Gasteiger partial charge in [-0.25, -0.2) is 4.39 Å². The van der Waals surface area contributed by atoms with Crippen molar-refractivity contribution in [3.8, 4) is 5.75 Å². The summed E-state index contributed by atoms with van der Waals surface area (Å²) in [6.07, 6.45) is 1.47. The van der Waals surface area contributed by atoms with Crippen molar-refractivity contribution in [3.63, 3.8) is 0 Å². The molecule has 0 aliphatic carbocycles. The van der Waals surface area contributed by atoms with Crippen molar-refractivity contribution in [1.82, 2.24) is 4.90 Å². The van der Waals surface area contributed by atoms with E-state index in [9.17, 15) is 9.50 Å². The Kier molecular flexibility index (Phi) is 6.73. The Labute approximate surface area is 136 Å². The zero-order chi connectivity index (χ0) is 15.9. The number of piperidine rings is 1. The van der Waals surface area contributed by atoms with E-state index in [1.807, 2.05) is 0 Å². The first kappa shape index (κ1) is 17.3. The molecule has 124 valence electrons. The van der Waals surface area contributed by atoms with E-state index in [-0.39, 0.29) is 18.2 Å². The molecule has 0 radical (unpaired) electrons. The average molecular weight is 331 g/mol. The Bertz CT molecular complexity index is 467. The van der Waals surface area contributed by atoms with Gasteiger partial charge in [-0.3, -0.25) is 0 Å². The Morgan fingerprint density at radius 1 is 1.45 bits per heavy atom. The highest BCUT2D eigenvalue weighted by Crippen LogP contribution is 2.28. The fourth-order valence-electron chi connectivity index (χ4n) is 2.51. The maximum absolute atomic E-state index is 14.0. The van der Waals surface area contributed by atoms with Gasteiger partial charge in [-0.15, -0.1) is 11.6 Å². The van der Waals surface area contributed by atoms with Crippen molar-refractivity contribution in [1.29, 1.82) is 0 Å². The Hall–Kier alpha value is -1.04. The summed E-state index contributed by atoms with van der Waals surface area (Å²) in [5.41, 5.74) is 0.291. The van der Waals surface area contributed by atoms with Crippen molar-refractivity contribution in [2.45, 2.75) is 18.9 Å². The minimum atomic E-state index is -0.719. The number of hydrogen-bond donors (Lipinski definition) is 2. The number of likely N-dealkylation sites (tertiary alicyclic amines) is 1. The van der Waals surface area contributed by atoms with Crippen molar-refractivity contribution in [2.75, 3.05) is 44.5 Å². The molecular formula is C16H24ClFN2O2. The third-order valence-corrected chi connectivity index (χ3v) is 4.34. The van der Waals surface area contributed by atoms with Gasteiger partial charge in [0.05, 0.1) is 18.6 Å². The second-order valence-electron chi connectivity index (χ2n) is 5.86. The standard InChI is InChI=1S/C16H24ClFN2O2/c1-20-7-5-12(6-8-20)11-22-15-4-2-3-14(18)16(15)19-10-13(21)9-17/h2-4,12-13,19,21H,5-11H2,1H3. The maximum Gasteiger partial charge on any atom is 0.150 e. The number of anilines is 1. The number of alkyl halides is 1. The highest BCUT2D eigenvalue weighted by molar-refractivity contribution is 6.18. The lowest BCUT2D eigenvalue weighted by Gasteiger charge is -2.29. The number of rotatable bonds is 7. The monoisotopic (exact) mass is 330 g/mol. The molecule has 0 bridgehead atoms. The molecule has 1 heterocycles. The predicted molar refractivity (Wildman–Crippen MR) is 87.3 cm³/mol. The number of nitrogens with one attached hydrogen (secondary N) is 1. The molecule has 0 spiro atoms. The quantitative estimate of drug-likeness (QED) is 0.754. The minimum absolute atomic E-state index is 0.104. The predicted octanol–water partition coefficient (Wildman–Crippen LogP) is 2.56. The van der Waals surface area contributed by atoms with Gasteiger partial charge in [0.2, 0.25) is 0 Å². The van der Waals surface area contributed by atoms with Crippen LogP contribution in [0.4, 0.5) is 10.1 Å². The van der Waals surface area contributed by atoms with Gasteiger partial charge >= 0.3 is 0 Å². The van der Waals surface area contributed by atoms with E-state index in [1.165, 1.54) is 6.07 Å². The zero-order valence-corrected chi connectivity index (χ0v) is 13.7. The molecular weight excluding hydrogens is 307 g/mol. The summed E-state index contributed by atoms with van der Waals surface area (Å²) in [5.74, 6) is 0.705. The van der Waals surface area contributed by atoms with Gasteiger partial charge in [-0.05, 0) is 51.0 Å². The SMILES string of the molecule is CN1CCC(COc2cccc(F)c2NCC(O)CCl)CC1. The van der Waals surface area contributed by atoms with Crippen molar-refractivity contribution < 1.29 is 14.2 Å². The lowest BCUT2D eigenvalue weighted by Crippen LogP contribution is -2.32. The molecule has 1 saturated heterocycles. The van der Waals surface area contributed by atoms with Crippen LogP contribution < -0.4 is 10.1 Å². The van der Waals surface area contributed by atoms with Crippen LogP contribution in [-0.4, -0.2) is 55.3 Å². The maximum atomic E-state index is 14.0. The van der Waals surface area contributed by atoms with Crippen LogP contribution in [0.15, 0.2) is 18.2 Å². The molecule has 4 nitrogen and oxygen atoms in total. The lowest BCUT2D eigenvalue weighted by atomic mass is 9.98. The van der Waals surface area contributed by atoms with Crippen LogP contribution in [-0.2, 0) is 0 Å². The number of para-hydroxylation sites is 1. The normalized spacial score (nSPS) is 18.2. The number of aliphatic hydroxyl groups excluding tert-OH is 1. The molecule has 2 N–H and O–H groups in total. The van der Waals surface area contributed by atoms with E-state index in [0.29, 0.717) is 24.0 Å². The first-order valence-electron chi connectivity index (χ1n) is 7.68. The largest absolute Gasteiger partial charge is 0.491 e. The van der Waals surface area contributed by atoms with Crippen molar-refractivity contribution in [2.24, 2.45) is 5.92 Å². The molecule has 1 aliphatic rings. The summed E-state index contributed by atoms with van der Waals surface area (Å²) in [6, 6.07) is 4.74. The van der Waals surface area contributed by atoms with E-state index in [0.717, 1.165) is 25.9 Å². The summed E-state index contributed by atoms with van der Waals surface area (Å²) in [6.45, 7) is 2.92. The number of nitrogens with zero attached hydrogens (tertiary/aromatic N) is 1. The summed E-state index contributed by atoms with van der Waals surface area (Å²) in [4.78, 5) is 2.30. The highest BCUT2D eigenvalue weighted by atomic mass is 35.5. The van der Waals surface area contributed by atoms with Crippen LogP contribution in [0.3, 0.4) is 0 Å². The highest BCUT2D eigenvalue weighted by Gasteiger charge is 2.18. The van der Waals surface area contributed by atoms with Gasteiger partial charge in [-0.1, -0.05) is 6.07 Å². The summed E-state index contributed by atoms with van der Waals surface area (Å²) in [5, 5.41) is 12.4. The van der Waals surface area contributed by atoms with Gasteiger partial charge in [0.15, 0.2) is 0 Å². The topological polar surface area (TPSA) is 44.7 Å².